The van der Waals surface area contributed by atoms with E-state index in [2.05, 4.69) is 0 Å². The van der Waals surface area contributed by atoms with Gasteiger partial charge in [-0.15, -0.1) is 0 Å². The number of hydrogen-bond acceptors (Lipinski definition) is 7. The Labute approximate surface area is 286 Å². The van der Waals surface area contributed by atoms with Gasteiger partial charge in [-0.25, -0.2) is 4.79 Å². The van der Waals surface area contributed by atoms with E-state index >= 15 is 0 Å². The number of carbonyl (C=O) groups excluding carboxylic acids is 4. The molecule has 4 N–H and O–H groups in total. The van der Waals surface area contributed by atoms with Crippen LogP contribution in [-0.4, -0.2) is 35.3 Å². The minimum absolute atomic E-state index is 0.0673. The van der Waals surface area contributed by atoms with Gasteiger partial charge < -0.3 is 20.9 Å². The molecule has 0 aliphatic heterocycles. The third-order valence-corrected chi connectivity index (χ3v) is 8.38. The van der Waals surface area contributed by atoms with Crippen LogP contribution in [0.25, 0.3) is 10.8 Å². The summed E-state index contributed by atoms with van der Waals surface area (Å²) in [5, 5.41) is 2.03. The van der Waals surface area contributed by atoms with E-state index in [1.165, 1.54) is 0 Å². The topological polar surface area (TPSA) is 139 Å². The number of benzene rings is 5. The number of primary amides is 1. The lowest BCUT2D eigenvalue weighted by atomic mass is 9.84. The second-order valence-electron chi connectivity index (χ2n) is 12.2. The fraction of sp³-hybridized carbons (Fsp3) is 0.220. The zero-order chi connectivity index (χ0) is 34.6. The molecule has 0 fully saturated rings. The molecule has 0 aromatic heterocycles. The number of amides is 1. The quantitative estimate of drug-likeness (QED) is 0.0727. The fourth-order valence-electron chi connectivity index (χ4n) is 5.81. The minimum atomic E-state index is -2.15. The van der Waals surface area contributed by atoms with Gasteiger partial charge in [0, 0.05) is 18.4 Å². The van der Waals surface area contributed by atoms with E-state index in [-0.39, 0.29) is 44.3 Å². The minimum Gasteiger partial charge on any atom is -0.461 e. The number of fused-ring (bicyclic) bond motifs is 1. The van der Waals surface area contributed by atoms with Gasteiger partial charge in [0.25, 0.3) is 0 Å². The lowest BCUT2D eigenvalue weighted by Gasteiger charge is -2.29. The molecule has 0 heterocycles. The number of rotatable bonds is 16. The van der Waals surface area contributed by atoms with E-state index in [1.807, 2.05) is 109 Å². The van der Waals surface area contributed by atoms with Crippen molar-refractivity contribution in [2.45, 2.75) is 56.8 Å². The van der Waals surface area contributed by atoms with Crippen molar-refractivity contribution < 1.29 is 28.7 Å². The Balaban J connectivity index is 1.35. The van der Waals surface area contributed by atoms with Crippen LogP contribution in [0.15, 0.2) is 127 Å². The Morgan fingerprint density at radius 2 is 1.33 bits per heavy atom. The maximum atomic E-state index is 14.2. The number of Topliss-reactive ketones (excluding diaryl/α,β-unsaturated/α-hetero) is 1. The first kappa shape index (κ1) is 34.7. The van der Waals surface area contributed by atoms with Crippen molar-refractivity contribution in [2.24, 2.45) is 11.5 Å². The van der Waals surface area contributed by atoms with Crippen molar-refractivity contribution in [3.05, 3.63) is 155 Å². The maximum absolute atomic E-state index is 14.2. The van der Waals surface area contributed by atoms with Crippen molar-refractivity contribution in [1.82, 2.24) is 0 Å². The third kappa shape index (κ3) is 9.72. The molecule has 49 heavy (non-hydrogen) atoms. The highest BCUT2D eigenvalue weighted by molar-refractivity contribution is 6.16. The van der Waals surface area contributed by atoms with Crippen molar-refractivity contribution in [1.29, 1.82) is 0 Å². The normalized spacial score (nSPS) is 12.8. The van der Waals surface area contributed by atoms with E-state index < -0.39 is 35.3 Å². The number of carbonyl (C=O) groups is 4. The molecule has 250 valence electrons. The summed E-state index contributed by atoms with van der Waals surface area (Å²) in [4.78, 5) is 52.9. The standard InChI is InChI=1S/C41H40N2O6/c42-37(44)27-36(26-32-20-21-33-16-7-8-17-34(33)24-32)49-40(47)41(43,22-10-19-38(45)48-28-30-13-5-2-6-14-30)39(46)35-18-9-15-31(25-35)23-29-11-3-1-4-12-29/h1-9,11-18,20-21,24-25,36H,10,19,22-23,26-28,43H2,(H2,42,44)/t36-,41-/m0/s1. The van der Waals surface area contributed by atoms with Gasteiger partial charge in [-0.1, -0.05) is 121 Å². The molecule has 5 aromatic rings. The van der Waals surface area contributed by atoms with E-state index in [1.54, 1.807) is 18.2 Å². The molecule has 5 aromatic carbocycles. The Kier molecular flexibility index (Phi) is 11.7. The van der Waals surface area contributed by atoms with Gasteiger partial charge in [0.05, 0.1) is 6.42 Å². The largest absolute Gasteiger partial charge is 0.461 e. The Morgan fingerprint density at radius 1 is 0.673 bits per heavy atom. The third-order valence-electron chi connectivity index (χ3n) is 8.38. The summed E-state index contributed by atoms with van der Waals surface area (Å²) in [7, 11) is 0. The Hall–Kier alpha value is -5.60. The molecule has 0 bridgehead atoms. The lowest BCUT2D eigenvalue weighted by molar-refractivity contribution is -0.155. The molecule has 0 unspecified atom stereocenters. The van der Waals surface area contributed by atoms with Crippen LogP contribution >= 0.6 is 0 Å². The van der Waals surface area contributed by atoms with Gasteiger partial charge in [-0.3, -0.25) is 14.4 Å². The number of ketones is 1. The van der Waals surface area contributed by atoms with Crippen LogP contribution in [0.3, 0.4) is 0 Å². The summed E-state index contributed by atoms with van der Waals surface area (Å²) in [5.41, 5.74) is 13.9. The van der Waals surface area contributed by atoms with Crippen LogP contribution in [0.2, 0.25) is 0 Å². The second kappa shape index (κ2) is 16.5. The van der Waals surface area contributed by atoms with Gasteiger partial charge in [-0.2, -0.15) is 0 Å². The predicted molar refractivity (Wildman–Crippen MR) is 188 cm³/mol. The molecule has 0 aliphatic carbocycles. The zero-order valence-electron chi connectivity index (χ0n) is 27.3. The molecule has 8 heteroatoms. The van der Waals surface area contributed by atoms with Crippen LogP contribution in [0, 0.1) is 0 Å². The first-order chi connectivity index (χ1) is 23.7. The maximum Gasteiger partial charge on any atom is 0.334 e. The summed E-state index contributed by atoms with van der Waals surface area (Å²) in [5.74, 6) is -2.79. The molecule has 0 radical (unpaired) electrons. The zero-order valence-corrected chi connectivity index (χ0v) is 27.3. The monoisotopic (exact) mass is 656 g/mol. The van der Waals surface area contributed by atoms with Crippen molar-refractivity contribution in [3.8, 4) is 0 Å². The predicted octanol–water partition coefficient (Wildman–Crippen LogP) is 6.25. The van der Waals surface area contributed by atoms with Crippen LogP contribution in [0.4, 0.5) is 0 Å². The van der Waals surface area contributed by atoms with Crippen LogP contribution < -0.4 is 11.5 Å². The fourth-order valence-corrected chi connectivity index (χ4v) is 5.81. The molecule has 1 amide bonds. The molecular weight excluding hydrogens is 616 g/mol. The number of nitrogens with two attached hydrogens (primary N) is 2. The van der Waals surface area contributed by atoms with E-state index in [4.69, 9.17) is 20.9 Å². The van der Waals surface area contributed by atoms with Crippen LogP contribution in [-0.2, 0) is 43.3 Å². The van der Waals surface area contributed by atoms with Gasteiger partial charge in [0.15, 0.2) is 11.3 Å². The van der Waals surface area contributed by atoms with Gasteiger partial charge in [0.2, 0.25) is 5.91 Å². The van der Waals surface area contributed by atoms with Crippen molar-refractivity contribution in [2.75, 3.05) is 0 Å². The Morgan fingerprint density at radius 3 is 2.04 bits per heavy atom. The highest BCUT2D eigenvalue weighted by Gasteiger charge is 2.44. The average molecular weight is 657 g/mol. The second-order valence-corrected chi connectivity index (χ2v) is 12.2. The smallest absolute Gasteiger partial charge is 0.334 e. The molecule has 0 spiro atoms. The molecule has 5 rings (SSSR count). The summed E-state index contributed by atoms with van der Waals surface area (Å²) in [6.45, 7) is 0.103. The molecule has 8 nitrogen and oxygen atoms in total. The van der Waals surface area contributed by atoms with E-state index in [9.17, 15) is 19.2 Å². The van der Waals surface area contributed by atoms with E-state index in [0.29, 0.717) is 6.42 Å². The van der Waals surface area contributed by atoms with Crippen molar-refractivity contribution in [3.63, 3.8) is 0 Å². The average Bonchev–Trinajstić information content (AvgIpc) is 3.11. The first-order valence-electron chi connectivity index (χ1n) is 16.3. The Bertz CT molecular complexity index is 1910. The molecule has 0 aliphatic rings. The number of ether oxygens (including phenoxy) is 2. The summed E-state index contributed by atoms with van der Waals surface area (Å²) >= 11 is 0. The van der Waals surface area contributed by atoms with Gasteiger partial charge in [-0.05, 0) is 58.4 Å². The van der Waals surface area contributed by atoms with Crippen LogP contribution in [0.1, 0.15) is 58.3 Å². The summed E-state index contributed by atoms with van der Waals surface area (Å²) in [6, 6.07) is 39.6. The summed E-state index contributed by atoms with van der Waals surface area (Å²) < 4.78 is 11.3. The summed E-state index contributed by atoms with van der Waals surface area (Å²) in [6.07, 6.45) is -0.648. The molecule has 2 atom stereocenters. The lowest BCUT2D eigenvalue weighted by Crippen LogP contribution is -2.56. The molecule has 0 saturated carbocycles. The van der Waals surface area contributed by atoms with E-state index in [0.717, 1.165) is 33.0 Å². The SMILES string of the molecule is NC(=O)C[C@H](Cc1ccc2ccccc2c1)OC(=O)[C@](N)(CCCC(=O)OCc1ccccc1)C(=O)c1cccc(Cc2ccccc2)c1. The van der Waals surface area contributed by atoms with Crippen molar-refractivity contribution >= 4 is 34.4 Å². The highest BCUT2D eigenvalue weighted by atomic mass is 16.5. The highest BCUT2D eigenvalue weighted by Crippen LogP contribution is 2.25. The van der Waals surface area contributed by atoms with Gasteiger partial charge >= 0.3 is 11.9 Å². The molecular formula is C41H40N2O6. The number of esters is 2. The number of hydrogen-bond donors (Lipinski definition) is 2. The van der Waals surface area contributed by atoms with Gasteiger partial charge in [0.1, 0.15) is 12.7 Å². The first-order valence-corrected chi connectivity index (χ1v) is 16.3. The molecule has 0 saturated heterocycles. The van der Waals surface area contributed by atoms with Crippen LogP contribution in [0.5, 0.6) is 0 Å².